The molecule has 0 aliphatic carbocycles. The van der Waals surface area contributed by atoms with Gasteiger partial charge in [-0.2, -0.15) is 0 Å². The van der Waals surface area contributed by atoms with E-state index in [1.807, 2.05) is 45.9 Å². The van der Waals surface area contributed by atoms with Gasteiger partial charge < -0.3 is 20.0 Å². The molecule has 0 saturated heterocycles. The Morgan fingerprint density at radius 1 is 1.17 bits per heavy atom. The number of nitrogens with zero attached hydrogens (tertiary/aromatic N) is 2. The number of aryl methyl sites for hydroxylation is 2. The van der Waals surface area contributed by atoms with Crippen LogP contribution in [0.2, 0.25) is 0 Å². The summed E-state index contributed by atoms with van der Waals surface area (Å²) in [6, 6.07) is 9.24. The molecule has 3 amide bonds. The van der Waals surface area contributed by atoms with Gasteiger partial charge >= 0.3 is 6.03 Å². The van der Waals surface area contributed by atoms with Crippen LogP contribution < -0.4 is 10.6 Å². The fourth-order valence-corrected chi connectivity index (χ4v) is 3.76. The first-order valence-electron chi connectivity index (χ1n) is 9.74. The van der Waals surface area contributed by atoms with Crippen molar-refractivity contribution in [1.82, 2.24) is 15.2 Å². The largest absolute Gasteiger partial charge is 0.467 e. The van der Waals surface area contributed by atoms with Crippen molar-refractivity contribution in [3.63, 3.8) is 0 Å². The summed E-state index contributed by atoms with van der Waals surface area (Å²) in [6.07, 6.45) is 1.56. The molecule has 3 aromatic rings. The van der Waals surface area contributed by atoms with E-state index in [1.54, 1.807) is 28.7 Å². The summed E-state index contributed by atoms with van der Waals surface area (Å²) in [5.74, 6) is 0.401. The molecule has 0 atom stereocenters. The predicted octanol–water partition coefficient (Wildman–Crippen LogP) is 4.73. The molecular formula is C22H26N4O3S. The quantitative estimate of drug-likeness (QED) is 0.572. The number of carbonyl (C=O) groups excluding carboxylic acids is 2. The highest BCUT2D eigenvalue weighted by Gasteiger charge is 2.21. The number of benzene rings is 1. The average Bonchev–Trinajstić information content (AvgIpc) is 3.38. The van der Waals surface area contributed by atoms with Crippen molar-refractivity contribution in [2.45, 2.75) is 46.8 Å². The first-order valence-corrected chi connectivity index (χ1v) is 10.6. The van der Waals surface area contributed by atoms with Crippen molar-refractivity contribution >= 4 is 29.0 Å². The Bertz CT molecular complexity index is 991. The van der Waals surface area contributed by atoms with Gasteiger partial charge in [0.05, 0.1) is 19.4 Å². The normalized spacial score (nSPS) is 10.8. The number of aromatic nitrogens is 1. The lowest BCUT2D eigenvalue weighted by molar-refractivity contribution is 0.0943. The molecule has 2 heterocycles. The molecule has 0 spiro atoms. The first kappa shape index (κ1) is 21.6. The van der Waals surface area contributed by atoms with Gasteiger partial charge in [-0.3, -0.25) is 4.79 Å². The number of hydrogen-bond donors (Lipinski definition) is 2. The van der Waals surface area contributed by atoms with Crippen molar-refractivity contribution in [2.75, 3.05) is 5.32 Å². The zero-order valence-electron chi connectivity index (χ0n) is 17.6. The number of thiazole rings is 1. The topological polar surface area (TPSA) is 87.5 Å². The lowest BCUT2D eigenvalue weighted by Gasteiger charge is -2.27. The Morgan fingerprint density at radius 3 is 2.53 bits per heavy atom. The lowest BCUT2D eigenvalue weighted by atomic mass is 10.1. The average molecular weight is 427 g/mol. The molecule has 2 aromatic heterocycles. The molecule has 0 aliphatic heterocycles. The molecule has 7 nitrogen and oxygen atoms in total. The maximum atomic E-state index is 12.9. The third kappa shape index (κ3) is 5.27. The minimum absolute atomic E-state index is 0.0329. The van der Waals surface area contributed by atoms with Crippen molar-refractivity contribution in [3.8, 4) is 0 Å². The number of para-hydroxylation sites is 1. The minimum Gasteiger partial charge on any atom is -0.467 e. The van der Waals surface area contributed by atoms with Crippen LogP contribution in [-0.4, -0.2) is 27.9 Å². The third-order valence-corrected chi connectivity index (χ3v) is 5.52. The molecular weight excluding hydrogens is 400 g/mol. The number of hydrogen-bond acceptors (Lipinski definition) is 5. The van der Waals surface area contributed by atoms with Crippen molar-refractivity contribution in [2.24, 2.45) is 0 Å². The van der Waals surface area contributed by atoms with E-state index in [1.165, 1.54) is 11.3 Å². The van der Waals surface area contributed by atoms with Crippen LogP contribution in [0.3, 0.4) is 0 Å². The molecule has 0 fully saturated rings. The maximum absolute atomic E-state index is 12.9. The Balaban J connectivity index is 1.65. The molecule has 1 aromatic carbocycles. The summed E-state index contributed by atoms with van der Waals surface area (Å²) in [5.41, 5.74) is 3.18. The van der Waals surface area contributed by atoms with Crippen LogP contribution in [0.1, 0.15) is 46.2 Å². The van der Waals surface area contributed by atoms with E-state index in [9.17, 15) is 9.59 Å². The fraction of sp³-hybridized carbons (Fsp3) is 0.318. The van der Waals surface area contributed by atoms with Gasteiger partial charge in [-0.25, -0.2) is 9.78 Å². The molecule has 0 saturated carbocycles. The number of furan rings is 1. The van der Waals surface area contributed by atoms with Crippen LogP contribution in [0, 0.1) is 13.8 Å². The highest BCUT2D eigenvalue weighted by Crippen LogP contribution is 2.21. The van der Waals surface area contributed by atoms with Crippen LogP contribution >= 0.6 is 11.3 Å². The number of carbonyl (C=O) groups is 2. The smallest absolute Gasteiger partial charge is 0.322 e. The second-order valence-electron chi connectivity index (χ2n) is 7.31. The van der Waals surface area contributed by atoms with Gasteiger partial charge in [0, 0.05) is 17.1 Å². The number of rotatable bonds is 7. The Hall–Kier alpha value is -3.13. The fourth-order valence-electron chi connectivity index (χ4n) is 2.98. The van der Waals surface area contributed by atoms with Crippen molar-refractivity contribution in [1.29, 1.82) is 0 Å². The van der Waals surface area contributed by atoms with Crippen LogP contribution in [0.5, 0.6) is 0 Å². The van der Waals surface area contributed by atoms with Gasteiger partial charge in [-0.05, 0) is 51.0 Å². The summed E-state index contributed by atoms with van der Waals surface area (Å²) in [4.78, 5) is 31.4. The monoisotopic (exact) mass is 426 g/mol. The highest BCUT2D eigenvalue weighted by molar-refractivity contribution is 7.09. The molecule has 0 bridgehead atoms. The molecule has 3 rings (SSSR count). The Morgan fingerprint density at radius 2 is 1.90 bits per heavy atom. The van der Waals surface area contributed by atoms with Gasteiger partial charge in [-0.15, -0.1) is 11.3 Å². The number of amides is 3. The van der Waals surface area contributed by atoms with Gasteiger partial charge in [0.15, 0.2) is 0 Å². The van der Waals surface area contributed by atoms with Crippen LogP contribution in [0.25, 0.3) is 0 Å². The zero-order chi connectivity index (χ0) is 21.7. The Labute approximate surface area is 180 Å². The summed E-state index contributed by atoms with van der Waals surface area (Å²) in [5, 5.41) is 8.20. The van der Waals surface area contributed by atoms with E-state index in [0.29, 0.717) is 29.6 Å². The standard InChI is InChI=1S/C22H26N4O3S/c1-14(2)26(22(28)25-20-15(3)7-5-8-16(20)4)12-19-24-18(13-30-19)21(27)23-11-17-9-6-10-29-17/h5-10,13-14H,11-12H2,1-4H3,(H,23,27)(H,25,28). The third-order valence-electron chi connectivity index (χ3n) is 4.69. The molecule has 0 unspecified atom stereocenters. The van der Waals surface area contributed by atoms with Crippen molar-refractivity contribution < 1.29 is 14.0 Å². The van der Waals surface area contributed by atoms with Gasteiger partial charge in [0.1, 0.15) is 16.5 Å². The zero-order valence-corrected chi connectivity index (χ0v) is 18.4. The molecule has 0 aliphatic rings. The van der Waals surface area contributed by atoms with E-state index < -0.39 is 0 Å². The molecule has 2 N–H and O–H groups in total. The second-order valence-corrected chi connectivity index (χ2v) is 8.25. The first-order chi connectivity index (χ1) is 14.3. The van der Waals surface area contributed by atoms with Gasteiger partial charge in [-0.1, -0.05) is 18.2 Å². The van der Waals surface area contributed by atoms with Crippen molar-refractivity contribution in [3.05, 3.63) is 69.6 Å². The summed E-state index contributed by atoms with van der Waals surface area (Å²) in [6.45, 7) is 8.47. The van der Waals surface area contributed by atoms with Crippen LogP contribution in [0.4, 0.5) is 10.5 Å². The van der Waals surface area contributed by atoms with E-state index in [-0.39, 0.29) is 18.0 Å². The van der Waals surface area contributed by atoms with Gasteiger partial charge in [0.25, 0.3) is 5.91 Å². The van der Waals surface area contributed by atoms with Gasteiger partial charge in [0.2, 0.25) is 0 Å². The molecule has 158 valence electrons. The summed E-state index contributed by atoms with van der Waals surface area (Å²) < 4.78 is 5.21. The SMILES string of the molecule is Cc1cccc(C)c1NC(=O)N(Cc1nc(C(=O)NCc2ccco2)cs1)C(C)C. The predicted molar refractivity (Wildman–Crippen MR) is 118 cm³/mol. The minimum atomic E-state index is -0.273. The number of anilines is 1. The van der Waals surface area contributed by atoms with E-state index in [0.717, 1.165) is 16.8 Å². The van der Waals surface area contributed by atoms with Crippen LogP contribution in [-0.2, 0) is 13.1 Å². The van der Waals surface area contributed by atoms with E-state index in [2.05, 4.69) is 15.6 Å². The molecule has 8 heteroatoms. The molecule has 0 radical (unpaired) electrons. The number of urea groups is 1. The van der Waals surface area contributed by atoms with E-state index in [4.69, 9.17) is 4.42 Å². The maximum Gasteiger partial charge on any atom is 0.322 e. The summed E-state index contributed by atoms with van der Waals surface area (Å²) >= 11 is 1.36. The number of nitrogens with one attached hydrogen (secondary N) is 2. The Kier molecular flexibility index (Phi) is 6.89. The highest BCUT2D eigenvalue weighted by atomic mass is 32.1. The summed E-state index contributed by atoms with van der Waals surface area (Å²) in [7, 11) is 0. The molecule has 30 heavy (non-hydrogen) atoms. The van der Waals surface area contributed by atoms with E-state index >= 15 is 0 Å². The second kappa shape index (κ2) is 9.58. The van der Waals surface area contributed by atoms with Crippen LogP contribution in [0.15, 0.2) is 46.4 Å². The lowest BCUT2D eigenvalue weighted by Crippen LogP contribution is -2.39.